The lowest BCUT2D eigenvalue weighted by atomic mass is 9.66. The van der Waals surface area contributed by atoms with E-state index in [0.29, 0.717) is 22.7 Å². The van der Waals surface area contributed by atoms with Gasteiger partial charge in [-0.25, -0.2) is 13.2 Å². The number of urea groups is 1. The molecule has 6 nitrogen and oxygen atoms in total. The molecule has 2 aromatic rings. The average molecular weight is 406 g/mol. The number of aromatic nitrogens is 1. The molecule has 144 valence electrons. The molecule has 2 aromatic heterocycles. The molecule has 0 bridgehead atoms. The highest BCUT2D eigenvalue weighted by Crippen LogP contribution is 2.42. The molecule has 4 rings (SSSR count). The molecule has 2 N–H and O–H groups in total. The van der Waals surface area contributed by atoms with Gasteiger partial charge in [-0.1, -0.05) is 12.5 Å². The fourth-order valence-corrected chi connectivity index (χ4v) is 7.19. The highest BCUT2D eigenvalue weighted by molar-refractivity contribution is 7.94. The van der Waals surface area contributed by atoms with E-state index in [1.54, 1.807) is 24.6 Å². The van der Waals surface area contributed by atoms with E-state index in [1.165, 1.54) is 11.3 Å². The monoisotopic (exact) mass is 405 g/mol. The van der Waals surface area contributed by atoms with Gasteiger partial charge in [0.25, 0.3) is 0 Å². The number of sulfone groups is 1. The first-order valence-corrected chi connectivity index (χ1v) is 11.6. The summed E-state index contributed by atoms with van der Waals surface area (Å²) < 4.78 is 25.2. The van der Waals surface area contributed by atoms with Crippen molar-refractivity contribution in [2.45, 2.75) is 53.5 Å². The summed E-state index contributed by atoms with van der Waals surface area (Å²) in [5.41, 5.74) is 1.64. The molecule has 0 radical (unpaired) electrons. The van der Waals surface area contributed by atoms with Gasteiger partial charge in [0.15, 0.2) is 9.84 Å². The molecule has 1 fully saturated rings. The topological polar surface area (TPSA) is 88.2 Å². The molecule has 2 aliphatic rings. The predicted octanol–water partition coefficient (Wildman–Crippen LogP) is 3.17. The van der Waals surface area contributed by atoms with Crippen LogP contribution in [0.25, 0.3) is 0 Å². The summed E-state index contributed by atoms with van der Waals surface area (Å²) in [4.78, 5) is 17.0. The van der Waals surface area contributed by atoms with E-state index < -0.39 is 15.1 Å². The Hall–Kier alpha value is -1.93. The highest BCUT2D eigenvalue weighted by Gasteiger charge is 2.41. The van der Waals surface area contributed by atoms with Crippen LogP contribution >= 0.6 is 11.3 Å². The second-order valence-corrected chi connectivity index (χ2v) is 11.0. The van der Waals surface area contributed by atoms with Crippen LogP contribution < -0.4 is 10.6 Å². The van der Waals surface area contributed by atoms with Crippen LogP contribution in [0.5, 0.6) is 0 Å². The van der Waals surface area contributed by atoms with E-state index in [1.807, 2.05) is 18.2 Å². The van der Waals surface area contributed by atoms with Crippen molar-refractivity contribution in [3.05, 3.63) is 47.1 Å². The lowest BCUT2D eigenvalue weighted by Gasteiger charge is -2.41. The third kappa shape index (κ3) is 3.25. The van der Waals surface area contributed by atoms with Gasteiger partial charge in [0.1, 0.15) is 4.21 Å². The summed E-state index contributed by atoms with van der Waals surface area (Å²) in [5.74, 6) is 0. The van der Waals surface area contributed by atoms with Crippen molar-refractivity contribution < 1.29 is 13.2 Å². The summed E-state index contributed by atoms with van der Waals surface area (Å²) in [6.07, 6.45) is 5.34. The molecular weight excluding hydrogens is 382 g/mol. The molecular formula is C19H23N3O3S2. The number of hydrogen-bond donors (Lipinski definition) is 2. The third-order valence-electron chi connectivity index (χ3n) is 5.80. The predicted molar refractivity (Wildman–Crippen MR) is 105 cm³/mol. The maximum Gasteiger partial charge on any atom is 0.315 e. The standard InChI is InChI=1S/C19H23N3O3S2/c1-13-11-15(14-6-10-26-17(14)27(13,24)25)22-18(23)21-12-19(7-4-8-19)16-5-2-3-9-20-16/h2-3,5-6,9-10,13,15H,4,7-8,11-12H2,1H3,(H2,21,22,23)/t13-,15-/m0/s1. The minimum atomic E-state index is -3.27. The molecule has 0 unspecified atom stereocenters. The first-order valence-electron chi connectivity index (χ1n) is 9.20. The van der Waals surface area contributed by atoms with Crippen LogP contribution in [0.2, 0.25) is 0 Å². The van der Waals surface area contributed by atoms with E-state index in [2.05, 4.69) is 15.6 Å². The zero-order valence-corrected chi connectivity index (χ0v) is 16.8. The minimum Gasteiger partial charge on any atom is -0.337 e. The van der Waals surface area contributed by atoms with Gasteiger partial charge in [-0.05, 0) is 49.8 Å². The summed E-state index contributed by atoms with van der Waals surface area (Å²) in [6.45, 7) is 2.24. The van der Waals surface area contributed by atoms with Crippen LogP contribution in [0.3, 0.4) is 0 Å². The summed E-state index contributed by atoms with van der Waals surface area (Å²) >= 11 is 1.23. The number of thiophene rings is 1. The van der Waals surface area contributed by atoms with Crippen LogP contribution in [-0.2, 0) is 15.3 Å². The number of amides is 2. The SMILES string of the molecule is C[C@H]1C[C@H](NC(=O)NCC2(c3ccccn3)CCC2)c2ccsc2S1(=O)=O. The fraction of sp³-hybridized carbons (Fsp3) is 0.474. The van der Waals surface area contributed by atoms with Crippen LogP contribution in [0.1, 0.15) is 49.9 Å². The van der Waals surface area contributed by atoms with Crippen molar-refractivity contribution in [3.8, 4) is 0 Å². The van der Waals surface area contributed by atoms with Crippen LogP contribution in [0, 0.1) is 0 Å². The third-order valence-corrected chi connectivity index (χ3v) is 9.51. The largest absolute Gasteiger partial charge is 0.337 e. The molecule has 1 aliphatic carbocycles. The second kappa shape index (κ2) is 6.91. The van der Waals surface area contributed by atoms with Crippen molar-refractivity contribution in [1.29, 1.82) is 0 Å². The van der Waals surface area contributed by atoms with Gasteiger partial charge in [0, 0.05) is 29.4 Å². The lowest BCUT2D eigenvalue weighted by Crippen LogP contribution is -2.49. The molecule has 0 spiro atoms. The zero-order valence-electron chi connectivity index (χ0n) is 15.1. The number of carbonyl (C=O) groups excluding carboxylic acids is 1. The first-order chi connectivity index (χ1) is 12.9. The van der Waals surface area contributed by atoms with Gasteiger partial charge in [-0.15, -0.1) is 11.3 Å². The Balaban J connectivity index is 1.43. The Morgan fingerprint density at radius 2 is 2.15 bits per heavy atom. The Kier molecular flexibility index (Phi) is 4.71. The number of fused-ring (bicyclic) bond motifs is 1. The van der Waals surface area contributed by atoms with Gasteiger partial charge in [-0.3, -0.25) is 4.98 Å². The Morgan fingerprint density at radius 1 is 1.33 bits per heavy atom. The summed E-state index contributed by atoms with van der Waals surface area (Å²) in [5, 5.41) is 7.24. The molecule has 0 aromatic carbocycles. The molecule has 1 saturated carbocycles. The molecule has 3 heterocycles. The van der Waals surface area contributed by atoms with Crippen molar-refractivity contribution in [2.75, 3.05) is 6.54 Å². The number of pyridine rings is 1. The number of nitrogens with zero attached hydrogens (tertiary/aromatic N) is 1. The van der Waals surface area contributed by atoms with Gasteiger partial charge < -0.3 is 10.6 Å². The molecule has 0 saturated heterocycles. The lowest BCUT2D eigenvalue weighted by molar-refractivity contribution is 0.209. The summed E-state index contributed by atoms with van der Waals surface area (Å²) in [7, 11) is -3.27. The normalized spacial score (nSPS) is 25.1. The van der Waals surface area contributed by atoms with Gasteiger partial charge in [-0.2, -0.15) is 0 Å². The Labute approximate surface area is 163 Å². The van der Waals surface area contributed by atoms with E-state index in [4.69, 9.17) is 0 Å². The second-order valence-electron chi connectivity index (χ2n) is 7.48. The first kappa shape index (κ1) is 18.4. The highest BCUT2D eigenvalue weighted by atomic mass is 32.2. The van der Waals surface area contributed by atoms with Crippen LogP contribution in [0.15, 0.2) is 40.1 Å². The average Bonchev–Trinajstić information content (AvgIpc) is 3.11. The fourth-order valence-electron chi connectivity index (χ4n) is 3.96. The molecule has 2 atom stereocenters. The molecule has 8 heteroatoms. The van der Waals surface area contributed by atoms with Gasteiger partial charge in [0.2, 0.25) is 0 Å². The number of rotatable bonds is 4. The quantitative estimate of drug-likeness (QED) is 0.818. The molecule has 1 aliphatic heterocycles. The van der Waals surface area contributed by atoms with Crippen molar-refractivity contribution in [1.82, 2.24) is 15.6 Å². The van der Waals surface area contributed by atoms with Crippen LogP contribution in [-0.4, -0.2) is 31.2 Å². The maximum atomic E-state index is 12.5. The van der Waals surface area contributed by atoms with Crippen LogP contribution in [0.4, 0.5) is 4.79 Å². The summed E-state index contributed by atoms with van der Waals surface area (Å²) in [6, 6.07) is 7.15. The maximum absolute atomic E-state index is 12.5. The Bertz CT molecular complexity index is 936. The van der Waals surface area contributed by atoms with Crippen molar-refractivity contribution in [2.24, 2.45) is 0 Å². The Morgan fingerprint density at radius 3 is 2.81 bits per heavy atom. The van der Waals surface area contributed by atoms with Crippen molar-refractivity contribution >= 4 is 27.2 Å². The van der Waals surface area contributed by atoms with Gasteiger partial charge in [0.05, 0.1) is 11.3 Å². The minimum absolute atomic E-state index is 0.0880. The van der Waals surface area contributed by atoms with Gasteiger partial charge >= 0.3 is 6.03 Å². The number of carbonyl (C=O) groups is 1. The smallest absolute Gasteiger partial charge is 0.315 e. The molecule has 27 heavy (non-hydrogen) atoms. The number of hydrogen-bond acceptors (Lipinski definition) is 5. The van der Waals surface area contributed by atoms with E-state index in [0.717, 1.165) is 25.0 Å². The van der Waals surface area contributed by atoms with E-state index >= 15 is 0 Å². The van der Waals surface area contributed by atoms with E-state index in [9.17, 15) is 13.2 Å². The van der Waals surface area contributed by atoms with E-state index in [-0.39, 0.29) is 17.5 Å². The number of nitrogens with one attached hydrogen (secondary N) is 2. The van der Waals surface area contributed by atoms with Crippen molar-refractivity contribution in [3.63, 3.8) is 0 Å². The zero-order chi connectivity index (χ0) is 19.1. The molecule has 2 amide bonds.